The molecule has 0 radical (unpaired) electrons. The van der Waals surface area contributed by atoms with Crippen molar-refractivity contribution < 1.29 is 97.4 Å². The predicted molar refractivity (Wildman–Crippen MR) is 98.1 cm³/mol. The van der Waals surface area contributed by atoms with Gasteiger partial charge in [-0.2, -0.15) is 8.42 Å². The summed E-state index contributed by atoms with van der Waals surface area (Å²) in [6.45, 7) is 4.04. The first kappa shape index (κ1) is 37.1. The molecule has 1 unspecified atom stereocenters. The maximum absolute atomic E-state index is 11.9. The average Bonchev–Trinajstić information content (AvgIpc) is 2.52. The van der Waals surface area contributed by atoms with Crippen LogP contribution in [-0.4, -0.2) is 35.6 Å². The molecule has 11 heteroatoms. The minimum absolute atomic E-state index is 0. The van der Waals surface area contributed by atoms with Crippen LogP contribution in [0.25, 0.3) is 0 Å². The van der Waals surface area contributed by atoms with E-state index in [0.29, 0.717) is 25.7 Å². The Kier molecular flexibility index (Phi) is 25.0. The van der Waals surface area contributed by atoms with Crippen LogP contribution in [0.5, 0.6) is 0 Å². The smallest absolute Gasteiger partial charge is 0.549 e. The van der Waals surface area contributed by atoms with Crippen LogP contribution in [0.3, 0.4) is 0 Å². The first-order valence-corrected chi connectivity index (χ1v) is 11.0. The quantitative estimate of drug-likeness (QED) is 0.137. The number of carbonyl (C=O) groups excluding carboxylic acids is 2. The number of aliphatic carboxylic acids is 2. The van der Waals surface area contributed by atoms with E-state index in [0.717, 1.165) is 38.5 Å². The van der Waals surface area contributed by atoms with Crippen molar-refractivity contribution in [1.29, 1.82) is 0 Å². The Balaban J connectivity index is -0.00000104. The Hall–Kier alpha value is 0.810. The zero-order chi connectivity index (χ0) is 20.2. The van der Waals surface area contributed by atoms with E-state index in [1.54, 1.807) is 0 Å². The molecule has 0 aromatic carbocycles. The molecular formula is C18H34Na2O8S. The van der Waals surface area contributed by atoms with Crippen LogP contribution in [0, 0.1) is 5.41 Å². The van der Waals surface area contributed by atoms with E-state index in [1.165, 1.54) is 0 Å². The second-order valence-electron chi connectivity index (χ2n) is 6.99. The summed E-state index contributed by atoms with van der Waals surface area (Å²) in [5.41, 5.74) is -2.18. The maximum Gasteiger partial charge on any atom is 1.00 e. The number of rotatable bonds is 16. The normalized spacial score (nSPS) is 12.1. The Morgan fingerprint density at radius 1 is 0.828 bits per heavy atom. The fourth-order valence-electron chi connectivity index (χ4n) is 3.42. The van der Waals surface area contributed by atoms with Crippen LogP contribution in [0.4, 0.5) is 0 Å². The van der Waals surface area contributed by atoms with Gasteiger partial charge in [-0.25, -0.2) is 0 Å². The van der Waals surface area contributed by atoms with Gasteiger partial charge in [-0.05, 0) is 12.8 Å². The molecule has 0 amide bonds. The topological polar surface area (TPSA) is 166 Å². The molecule has 0 saturated heterocycles. The minimum atomic E-state index is -5.14. The van der Waals surface area contributed by atoms with Crippen LogP contribution in [-0.2, 0) is 19.7 Å². The van der Waals surface area contributed by atoms with Crippen LogP contribution in [0.1, 0.15) is 90.9 Å². The molecule has 0 fully saturated rings. The standard InChI is InChI=1S/C18H34O7S.2Na.H2O/c1-3-5-7-9-11-13-18(17(21)22,14-12-10-8-6-4-2)15(16(19)20)26(23,24)25;;;/h15H,3-14H2,1-2H3,(H,19,20)(H,21,22)(H,23,24,25);;;1H2/q;2*+1;/p-2. The molecule has 8 nitrogen and oxygen atoms in total. The van der Waals surface area contributed by atoms with Crippen molar-refractivity contribution in [2.75, 3.05) is 0 Å². The summed E-state index contributed by atoms with van der Waals surface area (Å²) in [5, 5.41) is 20.8. The van der Waals surface area contributed by atoms with E-state index < -0.39 is 32.7 Å². The summed E-state index contributed by atoms with van der Waals surface area (Å²) >= 11 is 0. The molecular weight excluding hydrogens is 422 g/mol. The summed E-state index contributed by atoms with van der Waals surface area (Å²) in [4.78, 5) is 23.3. The summed E-state index contributed by atoms with van der Waals surface area (Å²) in [7, 11) is -5.14. The summed E-state index contributed by atoms with van der Waals surface area (Å²) < 4.78 is 32.7. The number of carboxylic acids is 2. The first-order chi connectivity index (χ1) is 12.1. The molecule has 0 aliphatic rings. The van der Waals surface area contributed by atoms with Gasteiger partial charge in [0, 0.05) is 11.4 Å². The molecule has 1 atom stereocenters. The first-order valence-electron chi connectivity index (χ1n) is 9.52. The SMILES string of the molecule is CCCCCCCC(CCCCCCC)(C(=O)[O-])C(C(=O)[O-])S(=O)(=O)O.O.[Na+].[Na+]. The molecule has 0 aliphatic heterocycles. The van der Waals surface area contributed by atoms with Gasteiger partial charge in [-0.15, -0.1) is 0 Å². The monoisotopic (exact) mass is 456 g/mol. The van der Waals surface area contributed by atoms with E-state index in [-0.39, 0.29) is 77.4 Å². The zero-order valence-electron chi connectivity index (χ0n) is 18.4. The van der Waals surface area contributed by atoms with Crippen LogP contribution in [0.2, 0.25) is 0 Å². The second-order valence-corrected chi connectivity index (χ2v) is 8.49. The van der Waals surface area contributed by atoms with Crippen molar-refractivity contribution in [1.82, 2.24) is 0 Å². The fraction of sp³-hybridized carbons (Fsp3) is 0.889. The van der Waals surface area contributed by atoms with Gasteiger partial charge >= 0.3 is 59.1 Å². The van der Waals surface area contributed by atoms with Crippen molar-refractivity contribution in [3.63, 3.8) is 0 Å². The van der Waals surface area contributed by atoms with Gasteiger partial charge in [0.05, 0.1) is 5.97 Å². The van der Waals surface area contributed by atoms with Gasteiger partial charge in [-0.3, -0.25) is 4.55 Å². The second kappa shape index (κ2) is 19.5. The Morgan fingerprint density at radius 2 is 1.17 bits per heavy atom. The van der Waals surface area contributed by atoms with Crippen molar-refractivity contribution in [2.45, 2.75) is 96.1 Å². The van der Waals surface area contributed by atoms with E-state index in [1.807, 2.05) is 13.8 Å². The van der Waals surface area contributed by atoms with E-state index in [4.69, 9.17) is 0 Å². The Morgan fingerprint density at radius 3 is 1.41 bits per heavy atom. The number of carbonyl (C=O) groups is 2. The molecule has 0 bridgehead atoms. The van der Waals surface area contributed by atoms with Crippen LogP contribution < -0.4 is 69.3 Å². The molecule has 0 aromatic heterocycles. The fourth-order valence-corrected chi connectivity index (χ4v) is 4.56. The average molecular weight is 457 g/mol. The van der Waals surface area contributed by atoms with Gasteiger partial charge < -0.3 is 25.3 Å². The largest absolute Gasteiger partial charge is 1.00 e. The molecule has 0 aliphatic carbocycles. The molecule has 162 valence electrons. The van der Waals surface area contributed by atoms with Crippen molar-refractivity contribution in [3.8, 4) is 0 Å². The predicted octanol–water partition coefficient (Wildman–Crippen LogP) is -5.37. The molecule has 0 saturated carbocycles. The van der Waals surface area contributed by atoms with Crippen molar-refractivity contribution in [2.24, 2.45) is 5.41 Å². The van der Waals surface area contributed by atoms with Crippen LogP contribution in [0.15, 0.2) is 0 Å². The Bertz CT molecular complexity index is 526. The van der Waals surface area contributed by atoms with Crippen molar-refractivity contribution >= 4 is 22.1 Å². The van der Waals surface area contributed by atoms with Crippen LogP contribution >= 0.6 is 0 Å². The molecule has 29 heavy (non-hydrogen) atoms. The number of carboxylic acid groups (broad SMARTS) is 2. The molecule has 0 aromatic rings. The maximum atomic E-state index is 11.9. The third-order valence-corrected chi connectivity index (χ3v) is 6.11. The van der Waals surface area contributed by atoms with Gasteiger partial charge in [0.15, 0.2) is 0 Å². The van der Waals surface area contributed by atoms with E-state index in [2.05, 4.69) is 0 Å². The minimum Gasteiger partial charge on any atom is -0.549 e. The Labute approximate surface area is 219 Å². The van der Waals surface area contributed by atoms with E-state index >= 15 is 0 Å². The van der Waals surface area contributed by atoms with E-state index in [9.17, 15) is 32.8 Å². The summed E-state index contributed by atoms with van der Waals surface area (Å²) in [6.07, 6.45) is 7.23. The summed E-state index contributed by atoms with van der Waals surface area (Å²) in [5.74, 6) is -3.85. The van der Waals surface area contributed by atoms with Gasteiger partial charge in [0.25, 0.3) is 10.1 Å². The third kappa shape index (κ3) is 13.7. The third-order valence-electron chi connectivity index (χ3n) is 4.87. The van der Waals surface area contributed by atoms with Gasteiger partial charge in [0.2, 0.25) is 0 Å². The molecule has 3 N–H and O–H groups in total. The van der Waals surface area contributed by atoms with Gasteiger partial charge in [-0.1, -0.05) is 78.1 Å². The molecule has 0 heterocycles. The number of unbranched alkanes of at least 4 members (excludes halogenated alkanes) is 8. The number of hydrogen-bond acceptors (Lipinski definition) is 6. The number of hydrogen-bond donors (Lipinski definition) is 1. The summed E-state index contributed by atoms with van der Waals surface area (Å²) in [6, 6.07) is 0. The van der Waals surface area contributed by atoms with Crippen molar-refractivity contribution in [3.05, 3.63) is 0 Å². The molecule has 0 rings (SSSR count). The molecule has 0 spiro atoms. The zero-order valence-corrected chi connectivity index (χ0v) is 23.2. The van der Waals surface area contributed by atoms with Gasteiger partial charge in [0.1, 0.15) is 5.25 Å².